The van der Waals surface area contributed by atoms with Crippen LogP contribution < -0.4 is 10.1 Å². The summed E-state index contributed by atoms with van der Waals surface area (Å²) in [6.45, 7) is 2.20. The minimum atomic E-state index is -0.226. The first-order chi connectivity index (χ1) is 15.5. The second kappa shape index (κ2) is 8.30. The monoisotopic (exact) mass is 433 g/mol. The van der Waals surface area contributed by atoms with Gasteiger partial charge in [0.2, 0.25) is 11.8 Å². The molecule has 6 heteroatoms. The third-order valence-electron chi connectivity index (χ3n) is 8.34. The molecular weight excluding hydrogens is 402 g/mol. The summed E-state index contributed by atoms with van der Waals surface area (Å²) in [6, 6.07) is 12.2. The van der Waals surface area contributed by atoms with E-state index in [9.17, 15) is 9.59 Å². The molecule has 5 atom stereocenters. The topological polar surface area (TPSA) is 81.2 Å². The molecule has 1 heterocycles. The summed E-state index contributed by atoms with van der Waals surface area (Å²) in [6.07, 6.45) is 6.07. The highest BCUT2D eigenvalue weighted by Gasteiger charge is 2.58. The average Bonchev–Trinajstić information content (AvgIpc) is 3.08. The zero-order valence-corrected chi connectivity index (χ0v) is 18.8. The van der Waals surface area contributed by atoms with Crippen LogP contribution in [0, 0.1) is 23.2 Å². The van der Waals surface area contributed by atoms with Gasteiger partial charge in [0.05, 0.1) is 7.11 Å². The van der Waals surface area contributed by atoms with E-state index in [4.69, 9.17) is 4.74 Å². The number of rotatable bonds is 5. The lowest BCUT2D eigenvalue weighted by molar-refractivity contribution is -0.129. The Balaban J connectivity index is 1.29. The minimum absolute atomic E-state index is 0.0770. The highest BCUT2D eigenvalue weighted by molar-refractivity contribution is 5.90. The lowest BCUT2D eigenvalue weighted by atomic mass is 9.54. The van der Waals surface area contributed by atoms with E-state index in [-0.39, 0.29) is 17.2 Å². The molecule has 1 aromatic carbocycles. The molecule has 2 fully saturated rings. The lowest BCUT2D eigenvalue weighted by Crippen LogP contribution is -2.44. The zero-order valence-electron chi connectivity index (χ0n) is 18.8. The summed E-state index contributed by atoms with van der Waals surface area (Å²) in [5, 5.41) is 10.7. The van der Waals surface area contributed by atoms with Gasteiger partial charge in [0.15, 0.2) is 5.82 Å². The molecule has 0 saturated heterocycles. The third-order valence-corrected chi connectivity index (χ3v) is 8.34. The number of nitrogens with zero attached hydrogens (tertiary/aromatic N) is 2. The SMILES string of the molecule is COc1ccc(NC(=O)CC[C@@H]2CC(=O)[C@@]3(C)CCC4c5ccccc5CCC4C23)nn1. The molecule has 5 rings (SSSR count). The Morgan fingerprint density at radius 3 is 2.81 bits per heavy atom. The van der Waals surface area contributed by atoms with Crippen LogP contribution in [0.15, 0.2) is 36.4 Å². The van der Waals surface area contributed by atoms with E-state index in [2.05, 4.69) is 46.7 Å². The second-order valence-electron chi connectivity index (χ2n) is 9.92. The van der Waals surface area contributed by atoms with Crippen molar-refractivity contribution in [2.45, 2.75) is 57.8 Å². The minimum Gasteiger partial charge on any atom is -0.480 e. The number of nitrogens with one attached hydrogen (secondary N) is 1. The number of amides is 1. The van der Waals surface area contributed by atoms with Crippen LogP contribution in [-0.2, 0) is 16.0 Å². The van der Waals surface area contributed by atoms with E-state index in [0.29, 0.717) is 48.1 Å². The summed E-state index contributed by atoms with van der Waals surface area (Å²) in [7, 11) is 1.53. The highest BCUT2D eigenvalue weighted by Crippen LogP contribution is 2.62. The predicted molar refractivity (Wildman–Crippen MR) is 121 cm³/mol. The Hall–Kier alpha value is -2.76. The first-order valence-electron chi connectivity index (χ1n) is 11.8. The number of aromatic nitrogens is 2. The van der Waals surface area contributed by atoms with Crippen LogP contribution in [-0.4, -0.2) is 29.0 Å². The van der Waals surface area contributed by atoms with Crippen LogP contribution in [0.5, 0.6) is 5.88 Å². The molecule has 3 aliphatic carbocycles. The molecule has 1 aromatic heterocycles. The first-order valence-corrected chi connectivity index (χ1v) is 11.8. The van der Waals surface area contributed by atoms with E-state index in [1.54, 1.807) is 12.1 Å². The standard InChI is InChI=1S/C26H31N3O3/c1-26-14-13-19-18-6-4-3-5-16(18)7-9-20(19)25(26)17(15-21(26)30)8-11-23(31)27-22-10-12-24(32-2)29-28-22/h3-6,10,12,17,19-20,25H,7-9,11,13-15H2,1-2H3,(H,27,28,31)/t17-,19?,20?,25?,26-/m1/s1. The van der Waals surface area contributed by atoms with Crippen LogP contribution in [0.4, 0.5) is 5.82 Å². The summed E-state index contributed by atoms with van der Waals surface area (Å²) in [4.78, 5) is 25.7. The molecular formula is C26H31N3O3. The van der Waals surface area contributed by atoms with Crippen molar-refractivity contribution in [2.75, 3.05) is 12.4 Å². The van der Waals surface area contributed by atoms with Crippen LogP contribution in [0.25, 0.3) is 0 Å². The number of ether oxygens (including phenoxy) is 1. The van der Waals surface area contributed by atoms with Gasteiger partial charge in [0, 0.05) is 24.3 Å². The molecule has 0 aliphatic heterocycles. The molecule has 3 aliphatic rings. The van der Waals surface area contributed by atoms with Crippen LogP contribution >= 0.6 is 0 Å². The van der Waals surface area contributed by atoms with Gasteiger partial charge < -0.3 is 10.1 Å². The van der Waals surface area contributed by atoms with Crippen LogP contribution in [0.2, 0.25) is 0 Å². The van der Waals surface area contributed by atoms with Gasteiger partial charge in [0.1, 0.15) is 5.78 Å². The van der Waals surface area contributed by atoms with Gasteiger partial charge in [-0.1, -0.05) is 31.2 Å². The number of hydrogen-bond acceptors (Lipinski definition) is 5. The summed E-state index contributed by atoms with van der Waals surface area (Å²) >= 11 is 0. The number of methoxy groups -OCH3 is 1. The van der Waals surface area contributed by atoms with E-state index in [1.165, 1.54) is 18.2 Å². The Morgan fingerprint density at radius 1 is 1.19 bits per heavy atom. The fourth-order valence-corrected chi connectivity index (χ4v) is 6.86. The predicted octanol–water partition coefficient (Wildman–Crippen LogP) is 4.56. The zero-order chi connectivity index (χ0) is 22.3. The fourth-order valence-electron chi connectivity index (χ4n) is 6.86. The average molecular weight is 434 g/mol. The van der Waals surface area contributed by atoms with E-state index in [1.807, 2.05) is 0 Å². The summed E-state index contributed by atoms with van der Waals surface area (Å²) < 4.78 is 5.01. The molecule has 1 N–H and O–H groups in total. The molecule has 0 spiro atoms. The Bertz CT molecular complexity index is 1020. The number of anilines is 1. The highest BCUT2D eigenvalue weighted by atomic mass is 16.5. The smallest absolute Gasteiger partial charge is 0.233 e. The quantitative estimate of drug-likeness (QED) is 0.748. The van der Waals surface area contributed by atoms with Crippen molar-refractivity contribution in [3.63, 3.8) is 0 Å². The van der Waals surface area contributed by atoms with Crippen molar-refractivity contribution in [1.82, 2.24) is 10.2 Å². The van der Waals surface area contributed by atoms with Crippen LogP contribution in [0.3, 0.4) is 0 Å². The van der Waals surface area contributed by atoms with E-state index in [0.717, 1.165) is 32.1 Å². The number of ketones is 1. The van der Waals surface area contributed by atoms with Crippen LogP contribution in [0.1, 0.15) is 62.5 Å². The molecule has 6 nitrogen and oxygen atoms in total. The first kappa shape index (κ1) is 21.1. The maximum absolute atomic E-state index is 13.1. The molecule has 2 aromatic rings. The molecule has 0 bridgehead atoms. The van der Waals surface area contributed by atoms with E-state index < -0.39 is 0 Å². The number of carbonyl (C=O) groups is 2. The lowest BCUT2D eigenvalue weighted by Gasteiger charge is -2.50. The van der Waals surface area contributed by atoms with Crippen molar-refractivity contribution in [2.24, 2.45) is 23.2 Å². The number of benzene rings is 1. The van der Waals surface area contributed by atoms with Gasteiger partial charge in [0.25, 0.3) is 0 Å². The number of Topliss-reactive ketones (excluding diaryl/α,β-unsaturated/α-hetero) is 1. The Labute approximate surface area is 189 Å². The number of aryl methyl sites for hydroxylation is 1. The Morgan fingerprint density at radius 2 is 2.03 bits per heavy atom. The van der Waals surface area contributed by atoms with Gasteiger partial charge in [-0.2, -0.15) is 0 Å². The largest absolute Gasteiger partial charge is 0.480 e. The molecule has 0 radical (unpaired) electrons. The summed E-state index contributed by atoms with van der Waals surface area (Å²) in [5.74, 6) is 2.90. The maximum Gasteiger partial charge on any atom is 0.233 e. The van der Waals surface area contributed by atoms with Gasteiger partial charge in [-0.05, 0) is 73.0 Å². The number of hydrogen-bond donors (Lipinski definition) is 1. The van der Waals surface area contributed by atoms with Gasteiger partial charge in [-0.15, -0.1) is 10.2 Å². The Kier molecular flexibility index (Phi) is 5.48. The summed E-state index contributed by atoms with van der Waals surface area (Å²) in [5.41, 5.74) is 2.76. The van der Waals surface area contributed by atoms with Gasteiger partial charge in [-0.3, -0.25) is 9.59 Å². The van der Waals surface area contributed by atoms with Crippen molar-refractivity contribution >= 4 is 17.5 Å². The van der Waals surface area contributed by atoms with Crippen molar-refractivity contribution in [3.8, 4) is 5.88 Å². The van der Waals surface area contributed by atoms with Crippen molar-refractivity contribution < 1.29 is 14.3 Å². The molecule has 1 amide bonds. The number of fused-ring (bicyclic) bond motifs is 5. The molecule has 32 heavy (non-hydrogen) atoms. The van der Waals surface area contributed by atoms with Gasteiger partial charge >= 0.3 is 0 Å². The molecule has 168 valence electrons. The molecule has 2 saturated carbocycles. The van der Waals surface area contributed by atoms with Crippen molar-refractivity contribution in [1.29, 1.82) is 0 Å². The van der Waals surface area contributed by atoms with E-state index >= 15 is 0 Å². The van der Waals surface area contributed by atoms with Gasteiger partial charge in [-0.25, -0.2) is 0 Å². The normalized spacial score (nSPS) is 30.8. The van der Waals surface area contributed by atoms with Crippen molar-refractivity contribution in [3.05, 3.63) is 47.5 Å². The third kappa shape index (κ3) is 3.59. The second-order valence-corrected chi connectivity index (χ2v) is 9.92. The molecule has 3 unspecified atom stereocenters. The fraction of sp³-hybridized carbons (Fsp3) is 0.538. The maximum atomic E-state index is 13.1. The number of carbonyl (C=O) groups excluding carboxylic acids is 2.